The van der Waals surface area contributed by atoms with Gasteiger partial charge in [0.05, 0.1) is 10.5 Å². The molecule has 7 heteroatoms. The summed E-state index contributed by atoms with van der Waals surface area (Å²) in [6.45, 7) is 7.25. The molecule has 0 aliphatic heterocycles. The monoisotopic (exact) mass is 389 g/mol. The van der Waals surface area contributed by atoms with Gasteiger partial charge in [0.2, 0.25) is 15.8 Å². The zero-order valence-electron chi connectivity index (χ0n) is 16.0. The van der Waals surface area contributed by atoms with Crippen molar-refractivity contribution in [2.45, 2.75) is 38.7 Å². The average molecular weight is 389 g/mol. The third-order valence-corrected chi connectivity index (χ3v) is 5.86. The Hall–Kier alpha value is -2.51. The number of aryl methyl sites for hydroxylation is 3. The summed E-state index contributed by atoms with van der Waals surface area (Å²) in [5.41, 5.74) is 3.59. The lowest BCUT2D eigenvalue weighted by atomic mass is 9.96. The maximum Gasteiger partial charge on any atom is 0.338 e. The summed E-state index contributed by atoms with van der Waals surface area (Å²) in [6, 6.07) is 9.05. The summed E-state index contributed by atoms with van der Waals surface area (Å²) < 4.78 is 30.9. The van der Waals surface area contributed by atoms with Crippen LogP contribution < -0.4 is 4.72 Å². The molecule has 0 radical (unpaired) electrons. The predicted octanol–water partition coefficient (Wildman–Crippen LogP) is 2.95. The van der Waals surface area contributed by atoms with E-state index in [0.29, 0.717) is 5.56 Å². The van der Waals surface area contributed by atoms with Gasteiger partial charge in [-0.2, -0.15) is 0 Å². The first-order valence-corrected chi connectivity index (χ1v) is 9.91. The first-order valence-electron chi connectivity index (χ1n) is 8.43. The van der Waals surface area contributed by atoms with Crippen molar-refractivity contribution in [2.75, 3.05) is 7.05 Å². The highest BCUT2D eigenvalue weighted by molar-refractivity contribution is 7.89. The first-order chi connectivity index (χ1) is 12.6. The smallest absolute Gasteiger partial charge is 0.338 e. The Labute approximate surface area is 159 Å². The first kappa shape index (κ1) is 20.8. The molecule has 0 amide bonds. The summed E-state index contributed by atoms with van der Waals surface area (Å²) in [4.78, 5) is 25.0. The summed E-state index contributed by atoms with van der Waals surface area (Å²) in [6.07, 6.45) is -0.959. The van der Waals surface area contributed by atoms with E-state index < -0.39 is 22.1 Å². The number of hydrogen-bond acceptors (Lipinski definition) is 5. The fourth-order valence-corrected chi connectivity index (χ4v) is 3.35. The van der Waals surface area contributed by atoms with Gasteiger partial charge < -0.3 is 4.74 Å². The quantitative estimate of drug-likeness (QED) is 0.606. The lowest BCUT2D eigenvalue weighted by molar-refractivity contribution is 0.0318. The van der Waals surface area contributed by atoms with Gasteiger partial charge in [0, 0.05) is 5.56 Å². The highest BCUT2D eigenvalue weighted by atomic mass is 32.2. The Morgan fingerprint density at radius 3 is 2.07 bits per heavy atom. The number of carbonyl (C=O) groups excluding carboxylic acids is 2. The van der Waals surface area contributed by atoms with Gasteiger partial charge in [-0.1, -0.05) is 6.07 Å². The highest BCUT2D eigenvalue weighted by Gasteiger charge is 2.22. The normalized spacial score (nSPS) is 12.5. The molecule has 27 heavy (non-hydrogen) atoms. The standard InChI is InChI=1S/C20H23NO5S/c1-12-10-14(3)18(11-13(12)2)19(22)15(4)26-20(23)16-6-8-17(9-7-16)27(24,25)21-5/h6-11,15,21H,1-5H3. The zero-order valence-corrected chi connectivity index (χ0v) is 16.8. The van der Waals surface area contributed by atoms with Crippen molar-refractivity contribution in [1.82, 2.24) is 4.72 Å². The molecule has 0 aliphatic rings. The number of rotatable bonds is 6. The molecule has 6 nitrogen and oxygen atoms in total. The molecular weight excluding hydrogens is 366 g/mol. The number of ether oxygens (including phenoxy) is 1. The lowest BCUT2D eigenvalue weighted by Gasteiger charge is -2.15. The molecule has 0 saturated carbocycles. The third kappa shape index (κ3) is 4.61. The van der Waals surface area contributed by atoms with E-state index in [1.807, 2.05) is 26.8 Å². The summed E-state index contributed by atoms with van der Waals surface area (Å²) >= 11 is 0. The number of carbonyl (C=O) groups is 2. The molecule has 2 rings (SSSR count). The van der Waals surface area contributed by atoms with Crippen LogP contribution in [0.1, 0.15) is 44.3 Å². The second-order valence-corrected chi connectivity index (χ2v) is 8.28. The number of esters is 1. The fourth-order valence-electron chi connectivity index (χ4n) is 2.62. The van der Waals surface area contributed by atoms with Crippen LogP contribution in [0.25, 0.3) is 0 Å². The van der Waals surface area contributed by atoms with Gasteiger partial charge in [-0.25, -0.2) is 17.9 Å². The van der Waals surface area contributed by atoms with Crippen molar-refractivity contribution in [2.24, 2.45) is 0 Å². The Kier molecular flexibility index (Phi) is 6.18. The van der Waals surface area contributed by atoms with Gasteiger partial charge in [0.25, 0.3) is 0 Å². The molecule has 2 aromatic rings. The molecule has 1 unspecified atom stereocenters. The largest absolute Gasteiger partial charge is 0.451 e. The van der Waals surface area contributed by atoms with E-state index in [2.05, 4.69) is 4.72 Å². The number of benzene rings is 2. The van der Waals surface area contributed by atoms with Crippen LogP contribution in [0.5, 0.6) is 0 Å². The number of nitrogens with one attached hydrogen (secondary N) is 1. The average Bonchev–Trinajstić information content (AvgIpc) is 2.64. The van der Waals surface area contributed by atoms with Crippen molar-refractivity contribution in [3.05, 3.63) is 64.2 Å². The van der Waals surface area contributed by atoms with Crippen LogP contribution >= 0.6 is 0 Å². The molecule has 144 valence electrons. The van der Waals surface area contributed by atoms with E-state index in [9.17, 15) is 18.0 Å². The van der Waals surface area contributed by atoms with Crippen molar-refractivity contribution >= 4 is 21.8 Å². The SMILES string of the molecule is CNS(=O)(=O)c1ccc(C(=O)OC(C)C(=O)c2cc(C)c(C)cc2C)cc1. The molecule has 0 saturated heterocycles. The van der Waals surface area contributed by atoms with Crippen LogP contribution in [0.3, 0.4) is 0 Å². The molecule has 0 spiro atoms. The molecular formula is C20H23NO5S. The van der Waals surface area contributed by atoms with E-state index in [4.69, 9.17) is 4.74 Å². The van der Waals surface area contributed by atoms with Gasteiger partial charge in [-0.3, -0.25) is 4.79 Å². The van der Waals surface area contributed by atoms with Gasteiger partial charge in [0.15, 0.2) is 6.10 Å². The Morgan fingerprint density at radius 2 is 1.52 bits per heavy atom. The minimum atomic E-state index is -3.58. The topological polar surface area (TPSA) is 89.5 Å². The molecule has 1 N–H and O–H groups in total. The van der Waals surface area contributed by atoms with E-state index in [0.717, 1.165) is 16.7 Å². The summed E-state index contributed by atoms with van der Waals surface area (Å²) in [5.74, 6) is -0.968. The number of Topliss-reactive ketones (excluding diaryl/α,β-unsaturated/α-hetero) is 1. The zero-order chi connectivity index (χ0) is 20.4. The fraction of sp³-hybridized carbons (Fsp3) is 0.300. The predicted molar refractivity (Wildman–Crippen MR) is 103 cm³/mol. The molecule has 0 aromatic heterocycles. The minimum Gasteiger partial charge on any atom is -0.451 e. The maximum atomic E-state index is 12.7. The summed E-state index contributed by atoms with van der Waals surface area (Å²) in [7, 11) is -2.28. The Balaban J connectivity index is 2.16. The molecule has 1 atom stereocenters. The molecule has 0 fully saturated rings. The second kappa shape index (κ2) is 8.02. The van der Waals surface area contributed by atoms with Crippen LogP contribution in [0, 0.1) is 20.8 Å². The van der Waals surface area contributed by atoms with Crippen LogP contribution in [0.4, 0.5) is 0 Å². The van der Waals surface area contributed by atoms with Gasteiger partial charge in [-0.15, -0.1) is 0 Å². The van der Waals surface area contributed by atoms with E-state index in [1.54, 1.807) is 6.07 Å². The van der Waals surface area contributed by atoms with Crippen LogP contribution in [0.15, 0.2) is 41.3 Å². The van der Waals surface area contributed by atoms with Gasteiger partial charge in [-0.05, 0) is 81.8 Å². The van der Waals surface area contributed by atoms with Gasteiger partial charge in [0.1, 0.15) is 0 Å². The highest BCUT2D eigenvalue weighted by Crippen LogP contribution is 2.19. The number of ketones is 1. The van der Waals surface area contributed by atoms with Crippen molar-refractivity contribution in [1.29, 1.82) is 0 Å². The molecule has 0 heterocycles. The van der Waals surface area contributed by atoms with Crippen LogP contribution in [-0.2, 0) is 14.8 Å². The minimum absolute atomic E-state index is 0.0384. The molecule has 0 bridgehead atoms. The van der Waals surface area contributed by atoms with Crippen molar-refractivity contribution in [3.8, 4) is 0 Å². The van der Waals surface area contributed by atoms with Crippen LogP contribution in [0.2, 0.25) is 0 Å². The summed E-state index contributed by atoms with van der Waals surface area (Å²) in [5, 5.41) is 0. The van der Waals surface area contributed by atoms with E-state index in [1.165, 1.54) is 38.2 Å². The molecule has 0 aliphatic carbocycles. The Morgan fingerprint density at radius 1 is 0.963 bits per heavy atom. The van der Waals surface area contributed by atoms with E-state index in [-0.39, 0.29) is 16.2 Å². The molecule has 2 aromatic carbocycles. The number of hydrogen-bond donors (Lipinski definition) is 1. The third-order valence-electron chi connectivity index (χ3n) is 4.43. The number of sulfonamides is 1. The maximum absolute atomic E-state index is 12.7. The van der Waals surface area contributed by atoms with Gasteiger partial charge >= 0.3 is 5.97 Å². The lowest BCUT2D eigenvalue weighted by Crippen LogP contribution is -2.25. The van der Waals surface area contributed by atoms with Crippen LogP contribution in [-0.4, -0.2) is 33.3 Å². The second-order valence-electron chi connectivity index (χ2n) is 6.40. The van der Waals surface area contributed by atoms with Crippen molar-refractivity contribution in [3.63, 3.8) is 0 Å². The van der Waals surface area contributed by atoms with E-state index >= 15 is 0 Å². The van der Waals surface area contributed by atoms with Crippen molar-refractivity contribution < 1.29 is 22.7 Å². The Bertz CT molecular complexity index is 978.